The molecular weight excluding hydrogens is 316 g/mol. The Bertz CT molecular complexity index is 797. The number of hydrazone groups is 1. The molecule has 0 aliphatic carbocycles. The molecule has 2 aromatic carbocycles. The second kappa shape index (κ2) is 7.30. The highest BCUT2D eigenvalue weighted by atomic mass is 16.4. The lowest BCUT2D eigenvalue weighted by molar-refractivity contribution is -0.141. The molecule has 1 aliphatic heterocycles. The molecule has 0 fully saturated rings. The smallest absolute Gasteiger partial charge is 0.303 e. The molecule has 0 aromatic heterocycles. The van der Waals surface area contributed by atoms with Crippen LogP contribution < -0.4 is 0 Å². The predicted molar refractivity (Wildman–Crippen MR) is 95.2 cm³/mol. The Morgan fingerprint density at radius 1 is 1.08 bits per heavy atom. The number of amides is 1. The minimum absolute atomic E-state index is 0.0523. The first kappa shape index (κ1) is 16.9. The van der Waals surface area contributed by atoms with E-state index in [9.17, 15) is 9.59 Å². The molecular formula is C20H20N2O3. The van der Waals surface area contributed by atoms with Gasteiger partial charge in [-0.1, -0.05) is 60.2 Å². The van der Waals surface area contributed by atoms with E-state index in [1.54, 1.807) is 0 Å². The summed E-state index contributed by atoms with van der Waals surface area (Å²) >= 11 is 0. The Morgan fingerprint density at radius 3 is 2.40 bits per heavy atom. The second-order valence-corrected chi connectivity index (χ2v) is 6.18. The van der Waals surface area contributed by atoms with E-state index in [-0.39, 0.29) is 24.8 Å². The first-order chi connectivity index (χ1) is 12.0. The average Bonchev–Trinajstić information content (AvgIpc) is 3.06. The Labute approximate surface area is 146 Å². The number of carbonyl (C=O) groups excluding carboxylic acids is 1. The van der Waals surface area contributed by atoms with Crippen LogP contribution in [0.2, 0.25) is 0 Å². The zero-order chi connectivity index (χ0) is 17.8. The summed E-state index contributed by atoms with van der Waals surface area (Å²) in [5, 5.41) is 14.8. The van der Waals surface area contributed by atoms with Crippen LogP contribution in [0.5, 0.6) is 0 Å². The monoisotopic (exact) mass is 336 g/mol. The van der Waals surface area contributed by atoms with Gasteiger partial charge < -0.3 is 5.11 Å². The summed E-state index contributed by atoms with van der Waals surface area (Å²) < 4.78 is 0. The number of rotatable bonds is 5. The topological polar surface area (TPSA) is 70.0 Å². The molecule has 2 aromatic rings. The maximum Gasteiger partial charge on any atom is 0.303 e. The zero-order valence-corrected chi connectivity index (χ0v) is 14.1. The van der Waals surface area contributed by atoms with Gasteiger partial charge in [-0.3, -0.25) is 9.59 Å². The minimum atomic E-state index is -0.980. The number of aliphatic carboxylic acids is 1. The van der Waals surface area contributed by atoms with Gasteiger partial charge in [0.25, 0.3) is 0 Å². The van der Waals surface area contributed by atoms with Crippen molar-refractivity contribution in [3.8, 4) is 0 Å². The largest absolute Gasteiger partial charge is 0.481 e. The number of carboxylic acid groups (broad SMARTS) is 1. The van der Waals surface area contributed by atoms with Crippen molar-refractivity contribution in [2.75, 3.05) is 0 Å². The van der Waals surface area contributed by atoms with Crippen LogP contribution in [0.15, 0.2) is 59.7 Å². The van der Waals surface area contributed by atoms with Crippen molar-refractivity contribution < 1.29 is 14.7 Å². The summed E-state index contributed by atoms with van der Waals surface area (Å²) in [6.45, 7) is 2.01. The number of hydrogen-bond donors (Lipinski definition) is 1. The van der Waals surface area contributed by atoms with Crippen molar-refractivity contribution in [3.05, 3.63) is 71.3 Å². The number of aryl methyl sites for hydroxylation is 1. The molecule has 5 nitrogen and oxygen atoms in total. The number of nitrogens with zero attached hydrogens (tertiary/aromatic N) is 2. The summed E-state index contributed by atoms with van der Waals surface area (Å²) in [6.07, 6.45) is 0.376. The number of carboxylic acids is 1. The summed E-state index contributed by atoms with van der Waals surface area (Å²) in [5.74, 6) is -1.24. The Kier molecular flexibility index (Phi) is 4.93. The maximum atomic E-state index is 12.5. The molecule has 0 spiro atoms. The van der Waals surface area contributed by atoms with Crippen LogP contribution >= 0.6 is 0 Å². The van der Waals surface area contributed by atoms with Crippen molar-refractivity contribution >= 4 is 17.6 Å². The Morgan fingerprint density at radius 2 is 1.76 bits per heavy atom. The van der Waals surface area contributed by atoms with Gasteiger partial charge >= 0.3 is 5.97 Å². The summed E-state index contributed by atoms with van der Waals surface area (Å²) in [4.78, 5) is 23.3. The molecule has 0 saturated heterocycles. The number of hydrogen-bond acceptors (Lipinski definition) is 3. The highest BCUT2D eigenvalue weighted by Crippen LogP contribution is 2.33. The van der Waals surface area contributed by atoms with E-state index < -0.39 is 5.97 Å². The second-order valence-electron chi connectivity index (χ2n) is 6.18. The molecule has 1 unspecified atom stereocenters. The predicted octanol–water partition coefficient (Wildman–Crippen LogP) is 3.54. The van der Waals surface area contributed by atoms with Crippen LogP contribution in [-0.2, 0) is 9.59 Å². The van der Waals surface area contributed by atoms with E-state index in [0.29, 0.717) is 6.42 Å². The number of benzene rings is 2. The molecule has 0 bridgehead atoms. The molecule has 0 radical (unpaired) electrons. The molecule has 25 heavy (non-hydrogen) atoms. The summed E-state index contributed by atoms with van der Waals surface area (Å²) in [5.41, 5.74) is 3.97. The minimum Gasteiger partial charge on any atom is -0.481 e. The fourth-order valence-electron chi connectivity index (χ4n) is 2.92. The molecule has 1 aliphatic rings. The average molecular weight is 336 g/mol. The maximum absolute atomic E-state index is 12.5. The third-order valence-electron chi connectivity index (χ3n) is 4.29. The molecule has 3 rings (SSSR count). The van der Waals surface area contributed by atoms with Gasteiger partial charge in [0.1, 0.15) is 0 Å². The van der Waals surface area contributed by atoms with E-state index in [1.165, 1.54) is 5.01 Å². The molecule has 5 heteroatoms. The van der Waals surface area contributed by atoms with Gasteiger partial charge in [-0.15, -0.1) is 0 Å². The zero-order valence-electron chi connectivity index (χ0n) is 14.1. The van der Waals surface area contributed by atoms with Gasteiger partial charge in [-0.2, -0.15) is 5.10 Å². The van der Waals surface area contributed by atoms with Gasteiger partial charge in [0.15, 0.2) is 0 Å². The Balaban J connectivity index is 1.89. The third kappa shape index (κ3) is 3.94. The highest BCUT2D eigenvalue weighted by molar-refractivity contribution is 6.03. The fourth-order valence-corrected chi connectivity index (χ4v) is 2.92. The van der Waals surface area contributed by atoms with Gasteiger partial charge in [0.2, 0.25) is 5.91 Å². The summed E-state index contributed by atoms with van der Waals surface area (Å²) in [6, 6.07) is 17.6. The van der Waals surface area contributed by atoms with Crippen LogP contribution in [0.25, 0.3) is 0 Å². The van der Waals surface area contributed by atoms with E-state index in [0.717, 1.165) is 22.4 Å². The number of carbonyl (C=O) groups is 2. The lowest BCUT2D eigenvalue weighted by atomic mass is 9.97. The van der Waals surface area contributed by atoms with Gasteiger partial charge in [0.05, 0.1) is 18.2 Å². The quantitative estimate of drug-likeness (QED) is 0.908. The Hall–Kier alpha value is -2.95. The molecule has 1 N–H and O–H groups in total. The van der Waals surface area contributed by atoms with Crippen molar-refractivity contribution in [1.29, 1.82) is 0 Å². The first-order valence-corrected chi connectivity index (χ1v) is 8.28. The van der Waals surface area contributed by atoms with E-state index >= 15 is 0 Å². The molecule has 1 amide bonds. The van der Waals surface area contributed by atoms with E-state index in [4.69, 9.17) is 5.11 Å². The van der Waals surface area contributed by atoms with Crippen molar-refractivity contribution in [1.82, 2.24) is 5.01 Å². The molecule has 1 heterocycles. The fraction of sp³-hybridized carbons (Fsp3) is 0.250. The highest BCUT2D eigenvalue weighted by Gasteiger charge is 2.32. The lowest BCUT2D eigenvalue weighted by Crippen LogP contribution is -2.27. The third-order valence-corrected chi connectivity index (χ3v) is 4.29. The van der Waals surface area contributed by atoms with Gasteiger partial charge in [0, 0.05) is 12.8 Å². The van der Waals surface area contributed by atoms with Crippen molar-refractivity contribution in [2.45, 2.75) is 32.2 Å². The summed E-state index contributed by atoms with van der Waals surface area (Å²) in [7, 11) is 0. The van der Waals surface area contributed by atoms with Crippen LogP contribution in [-0.4, -0.2) is 27.7 Å². The van der Waals surface area contributed by atoms with E-state index in [2.05, 4.69) is 5.10 Å². The first-order valence-electron chi connectivity index (χ1n) is 8.28. The van der Waals surface area contributed by atoms with Crippen molar-refractivity contribution in [3.63, 3.8) is 0 Å². The molecule has 0 saturated carbocycles. The lowest BCUT2D eigenvalue weighted by Gasteiger charge is -2.22. The van der Waals surface area contributed by atoms with E-state index in [1.807, 2.05) is 61.5 Å². The molecule has 1 atom stereocenters. The SMILES string of the molecule is Cc1ccc(C2CC(c3ccccc3)=NN2C(=O)CCC(=O)O)cc1. The van der Waals surface area contributed by atoms with Crippen LogP contribution in [0.4, 0.5) is 0 Å². The van der Waals surface area contributed by atoms with Crippen LogP contribution in [0, 0.1) is 6.92 Å². The standard InChI is InChI=1S/C20H20N2O3/c1-14-7-9-16(10-8-14)18-13-17(15-5-3-2-4-6-15)21-22(18)19(23)11-12-20(24)25/h2-10,18H,11-13H2,1H3,(H,24,25). The molecule has 128 valence electrons. The van der Waals surface area contributed by atoms with Gasteiger partial charge in [-0.05, 0) is 18.1 Å². The normalized spacial score (nSPS) is 16.6. The van der Waals surface area contributed by atoms with Crippen LogP contribution in [0.3, 0.4) is 0 Å². The van der Waals surface area contributed by atoms with Gasteiger partial charge in [-0.25, -0.2) is 5.01 Å². The van der Waals surface area contributed by atoms with Crippen LogP contribution in [0.1, 0.15) is 42.0 Å². The van der Waals surface area contributed by atoms with Crippen molar-refractivity contribution in [2.24, 2.45) is 5.10 Å².